The smallest absolute Gasteiger partial charge is 0.317 e. The van der Waals surface area contributed by atoms with E-state index in [0.29, 0.717) is 24.3 Å². The number of nitrogens with one attached hydrogen (secondary N) is 1. The van der Waals surface area contributed by atoms with Gasteiger partial charge in [-0.2, -0.15) is 13.2 Å². The van der Waals surface area contributed by atoms with Crippen LogP contribution < -0.4 is 5.32 Å². The highest BCUT2D eigenvalue weighted by Gasteiger charge is 2.34. The summed E-state index contributed by atoms with van der Waals surface area (Å²) in [7, 11) is 0. The summed E-state index contributed by atoms with van der Waals surface area (Å²) in [6.45, 7) is 0.471. The Morgan fingerprint density at radius 1 is 1.13 bits per heavy atom. The first kappa shape index (κ1) is 21.2. The Morgan fingerprint density at radius 2 is 1.84 bits per heavy atom. The zero-order valence-electron chi connectivity index (χ0n) is 16.4. The fourth-order valence-corrected chi connectivity index (χ4v) is 4.03. The van der Waals surface area contributed by atoms with Gasteiger partial charge in [-0.15, -0.1) is 0 Å². The maximum atomic E-state index is 13.1. The zero-order chi connectivity index (χ0) is 22.0. The van der Waals surface area contributed by atoms with Gasteiger partial charge in [-0.3, -0.25) is 4.98 Å². The van der Waals surface area contributed by atoms with Gasteiger partial charge >= 0.3 is 12.2 Å². The number of rotatable bonds is 3. The SMILES string of the molecule is O=C(Nc1ccccc1)N1CCc2ccccc2[C@@H]1Cc1ncc(C(F)(F)F)cc1Cl. The van der Waals surface area contributed by atoms with Crippen molar-refractivity contribution < 1.29 is 18.0 Å². The molecule has 2 aromatic carbocycles. The topological polar surface area (TPSA) is 45.2 Å². The van der Waals surface area contributed by atoms with Gasteiger partial charge in [0.2, 0.25) is 0 Å². The molecule has 0 bridgehead atoms. The van der Waals surface area contributed by atoms with E-state index in [0.717, 1.165) is 23.4 Å². The molecule has 3 aromatic rings. The summed E-state index contributed by atoms with van der Waals surface area (Å²) in [6.07, 6.45) is -2.85. The number of aromatic nitrogens is 1. The molecule has 1 aromatic heterocycles. The van der Waals surface area contributed by atoms with Gasteiger partial charge in [0.25, 0.3) is 0 Å². The fourth-order valence-electron chi connectivity index (χ4n) is 3.79. The summed E-state index contributed by atoms with van der Waals surface area (Å²) >= 11 is 6.16. The second-order valence-corrected chi connectivity index (χ2v) is 7.72. The maximum Gasteiger partial charge on any atom is 0.417 e. The first-order valence-corrected chi connectivity index (χ1v) is 10.1. The molecule has 160 valence electrons. The van der Waals surface area contributed by atoms with Gasteiger partial charge in [-0.1, -0.05) is 54.1 Å². The number of fused-ring (bicyclic) bond motifs is 1. The third-order valence-electron chi connectivity index (χ3n) is 5.33. The van der Waals surface area contributed by atoms with Gasteiger partial charge in [0.05, 0.1) is 22.3 Å². The van der Waals surface area contributed by atoms with E-state index in [1.165, 1.54) is 0 Å². The number of urea groups is 1. The number of para-hydroxylation sites is 1. The minimum atomic E-state index is -4.52. The van der Waals surface area contributed by atoms with Crippen molar-refractivity contribution in [1.29, 1.82) is 0 Å². The van der Waals surface area contributed by atoms with E-state index in [4.69, 9.17) is 11.6 Å². The molecule has 8 heteroatoms. The lowest BCUT2D eigenvalue weighted by Crippen LogP contribution is -2.43. The highest BCUT2D eigenvalue weighted by Crippen LogP contribution is 2.36. The first-order chi connectivity index (χ1) is 14.8. The first-order valence-electron chi connectivity index (χ1n) is 9.75. The number of anilines is 1. The van der Waals surface area contributed by atoms with Gasteiger partial charge in [0.1, 0.15) is 0 Å². The second-order valence-electron chi connectivity index (χ2n) is 7.31. The van der Waals surface area contributed by atoms with Gasteiger partial charge in [0, 0.05) is 24.8 Å². The largest absolute Gasteiger partial charge is 0.417 e. The number of alkyl halides is 3. The molecule has 31 heavy (non-hydrogen) atoms. The van der Waals surface area contributed by atoms with E-state index in [9.17, 15) is 18.0 Å². The van der Waals surface area contributed by atoms with Crippen LogP contribution in [0.5, 0.6) is 0 Å². The average Bonchev–Trinajstić information content (AvgIpc) is 2.75. The predicted molar refractivity (Wildman–Crippen MR) is 113 cm³/mol. The molecule has 1 aliphatic heterocycles. The van der Waals surface area contributed by atoms with E-state index in [1.807, 2.05) is 42.5 Å². The number of hydrogen-bond donors (Lipinski definition) is 1. The lowest BCUT2D eigenvalue weighted by atomic mass is 9.90. The van der Waals surface area contributed by atoms with Crippen molar-refractivity contribution in [3.05, 3.63) is 94.3 Å². The summed E-state index contributed by atoms with van der Waals surface area (Å²) in [5.41, 5.74) is 2.11. The van der Waals surface area contributed by atoms with Crippen LogP contribution in [0.3, 0.4) is 0 Å². The summed E-state index contributed by atoms with van der Waals surface area (Å²) in [4.78, 5) is 18.7. The van der Waals surface area contributed by atoms with Crippen LogP contribution in [0.2, 0.25) is 5.02 Å². The molecule has 0 fully saturated rings. The van der Waals surface area contributed by atoms with Gasteiger partial charge < -0.3 is 10.2 Å². The van der Waals surface area contributed by atoms with Crippen LogP contribution in [0, 0.1) is 0 Å². The number of hydrogen-bond acceptors (Lipinski definition) is 2. The van der Waals surface area contributed by atoms with Crippen LogP contribution in [-0.2, 0) is 19.0 Å². The maximum absolute atomic E-state index is 13.1. The van der Waals surface area contributed by atoms with Gasteiger partial charge in [-0.25, -0.2) is 4.79 Å². The Kier molecular flexibility index (Phi) is 5.87. The van der Waals surface area contributed by atoms with E-state index in [2.05, 4.69) is 10.3 Å². The number of carbonyl (C=O) groups is 1. The molecule has 1 atom stereocenters. The quantitative estimate of drug-likeness (QED) is 0.527. The Labute approximate surface area is 182 Å². The molecule has 0 saturated carbocycles. The number of carbonyl (C=O) groups excluding carboxylic acids is 1. The van der Waals surface area contributed by atoms with E-state index < -0.39 is 17.8 Å². The molecule has 2 heterocycles. The van der Waals surface area contributed by atoms with Crippen molar-refractivity contribution in [1.82, 2.24) is 9.88 Å². The molecule has 0 aliphatic carbocycles. The summed E-state index contributed by atoms with van der Waals surface area (Å²) in [5, 5.41) is 2.82. The van der Waals surface area contributed by atoms with Crippen LogP contribution >= 0.6 is 11.6 Å². The molecule has 4 nitrogen and oxygen atoms in total. The zero-order valence-corrected chi connectivity index (χ0v) is 17.1. The van der Waals surface area contributed by atoms with Crippen molar-refractivity contribution in [3.63, 3.8) is 0 Å². The number of amides is 2. The fraction of sp³-hybridized carbons (Fsp3) is 0.217. The van der Waals surface area contributed by atoms with Crippen molar-refractivity contribution in [2.75, 3.05) is 11.9 Å². The predicted octanol–water partition coefficient (Wildman–Crippen LogP) is 6.13. The van der Waals surface area contributed by atoms with Crippen molar-refractivity contribution in [2.45, 2.75) is 25.1 Å². The minimum Gasteiger partial charge on any atom is -0.317 e. The number of halogens is 4. The van der Waals surface area contributed by atoms with Crippen LogP contribution in [0.4, 0.5) is 23.7 Å². The van der Waals surface area contributed by atoms with Gasteiger partial charge in [-0.05, 0) is 35.7 Å². The van der Waals surface area contributed by atoms with Crippen molar-refractivity contribution in [3.8, 4) is 0 Å². The molecule has 1 N–H and O–H groups in total. The second kappa shape index (κ2) is 8.59. The molecule has 2 amide bonds. The van der Waals surface area contributed by atoms with Crippen LogP contribution in [0.1, 0.15) is 28.4 Å². The van der Waals surface area contributed by atoms with E-state index in [1.54, 1.807) is 17.0 Å². The standard InChI is InChI=1S/C23H19ClF3N3O/c24-19-12-16(23(25,26)27)14-28-20(19)13-21-18-9-5-4-6-15(18)10-11-30(21)22(31)29-17-7-2-1-3-8-17/h1-9,12,14,21H,10-11,13H2,(H,29,31)/t21-/m0/s1. The molecule has 4 rings (SSSR count). The lowest BCUT2D eigenvalue weighted by Gasteiger charge is -2.37. The number of pyridine rings is 1. The van der Waals surface area contributed by atoms with Crippen molar-refractivity contribution >= 4 is 23.3 Å². The monoisotopic (exact) mass is 445 g/mol. The Morgan fingerprint density at radius 3 is 2.55 bits per heavy atom. The van der Waals surface area contributed by atoms with Crippen LogP contribution in [0.25, 0.3) is 0 Å². The summed E-state index contributed by atoms with van der Waals surface area (Å²) in [6, 6.07) is 17.0. The Bertz CT molecular complexity index is 1090. The molecular formula is C23H19ClF3N3O. The summed E-state index contributed by atoms with van der Waals surface area (Å²) in [5.74, 6) is 0. The Balaban J connectivity index is 1.65. The lowest BCUT2D eigenvalue weighted by molar-refractivity contribution is -0.137. The Hall–Kier alpha value is -3.06. The highest BCUT2D eigenvalue weighted by molar-refractivity contribution is 6.31. The molecule has 1 aliphatic rings. The molecule has 0 unspecified atom stereocenters. The highest BCUT2D eigenvalue weighted by atomic mass is 35.5. The number of nitrogens with zero attached hydrogens (tertiary/aromatic N) is 2. The number of benzene rings is 2. The third-order valence-corrected chi connectivity index (χ3v) is 5.66. The normalized spacial score (nSPS) is 16.0. The molecular weight excluding hydrogens is 427 g/mol. The molecule has 0 saturated heterocycles. The molecule has 0 radical (unpaired) electrons. The van der Waals surface area contributed by atoms with E-state index >= 15 is 0 Å². The summed E-state index contributed by atoms with van der Waals surface area (Å²) < 4.78 is 38.9. The van der Waals surface area contributed by atoms with Crippen LogP contribution in [-0.4, -0.2) is 22.5 Å². The van der Waals surface area contributed by atoms with Crippen LogP contribution in [0.15, 0.2) is 66.9 Å². The van der Waals surface area contributed by atoms with Gasteiger partial charge in [0.15, 0.2) is 0 Å². The third kappa shape index (κ3) is 4.66. The molecule has 0 spiro atoms. The van der Waals surface area contributed by atoms with Crippen molar-refractivity contribution in [2.24, 2.45) is 0 Å². The average molecular weight is 446 g/mol. The van der Waals surface area contributed by atoms with E-state index in [-0.39, 0.29) is 17.5 Å². The minimum absolute atomic E-state index is 0.0682.